The van der Waals surface area contributed by atoms with Gasteiger partial charge in [-0.25, -0.2) is 17.2 Å². The quantitative estimate of drug-likeness (QED) is 0.795. The molecule has 26 heavy (non-hydrogen) atoms. The Labute approximate surface area is 150 Å². The van der Waals surface area contributed by atoms with Crippen molar-refractivity contribution >= 4 is 21.6 Å². The molecule has 6 nitrogen and oxygen atoms in total. The van der Waals surface area contributed by atoms with Crippen LogP contribution in [-0.2, 0) is 21.4 Å². The molecule has 0 spiro atoms. The lowest BCUT2D eigenvalue weighted by molar-refractivity contribution is -0.116. The summed E-state index contributed by atoms with van der Waals surface area (Å²) in [6.45, 7) is -0.629. The van der Waals surface area contributed by atoms with Crippen molar-refractivity contribution in [3.05, 3.63) is 59.7 Å². The molecule has 0 aromatic heterocycles. The van der Waals surface area contributed by atoms with Gasteiger partial charge in [0.05, 0.1) is 25.6 Å². The molecule has 0 unspecified atom stereocenters. The lowest BCUT2D eigenvalue weighted by Crippen LogP contribution is -2.37. The third-order valence-electron chi connectivity index (χ3n) is 3.53. The van der Waals surface area contributed by atoms with Crippen molar-refractivity contribution in [2.24, 2.45) is 0 Å². The summed E-state index contributed by atoms with van der Waals surface area (Å²) in [6.07, 6.45) is 0.966. The second-order valence-corrected chi connectivity index (χ2v) is 7.50. The molecule has 140 valence electrons. The number of anilines is 1. The number of ether oxygens (including phenoxy) is 1. The molecule has 0 saturated carbocycles. The van der Waals surface area contributed by atoms with Crippen molar-refractivity contribution in [2.75, 3.05) is 25.2 Å². The number of para-hydroxylation sites is 1. The molecule has 0 aliphatic heterocycles. The summed E-state index contributed by atoms with van der Waals surface area (Å²) in [5.74, 6) is -2.01. The van der Waals surface area contributed by atoms with Crippen LogP contribution < -0.4 is 10.1 Å². The molecule has 0 fully saturated rings. The number of carbonyl (C=O) groups is 1. The predicted octanol–water partition coefficient (Wildman–Crippen LogP) is 2.37. The average molecular weight is 384 g/mol. The second kappa shape index (κ2) is 8.24. The van der Waals surface area contributed by atoms with Crippen molar-refractivity contribution in [2.45, 2.75) is 6.54 Å². The SMILES string of the molecule is COc1ccccc1CN(CC(=O)Nc1ccc(F)cc1F)S(C)(=O)=O. The van der Waals surface area contributed by atoms with Crippen LogP contribution >= 0.6 is 0 Å². The van der Waals surface area contributed by atoms with Gasteiger partial charge in [0, 0.05) is 18.2 Å². The monoisotopic (exact) mass is 384 g/mol. The maximum atomic E-state index is 13.6. The number of carbonyl (C=O) groups excluding carboxylic acids is 1. The highest BCUT2D eigenvalue weighted by molar-refractivity contribution is 7.88. The van der Waals surface area contributed by atoms with Crippen molar-refractivity contribution in [3.63, 3.8) is 0 Å². The van der Waals surface area contributed by atoms with E-state index in [4.69, 9.17) is 4.74 Å². The summed E-state index contributed by atoms with van der Waals surface area (Å²) in [5.41, 5.74) is 0.336. The second-order valence-electron chi connectivity index (χ2n) is 5.52. The highest BCUT2D eigenvalue weighted by Gasteiger charge is 2.22. The van der Waals surface area contributed by atoms with E-state index < -0.39 is 34.1 Å². The topological polar surface area (TPSA) is 75.7 Å². The molecule has 1 N–H and O–H groups in total. The maximum absolute atomic E-state index is 13.6. The Hall–Kier alpha value is -2.52. The number of sulfonamides is 1. The Bertz CT molecular complexity index is 903. The summed E-state index contributed by atoms with van der Waals surface area (Å²) >= 11 is 0. The third-order valence-corrected chi connectivity index (χ3v) is 4.73. The number of halogens is 2. The largest absolute Gasteiger partial charge is 0.496 e. The molecule has 0 bridgehead atoms. The summed E-state index contributed by atoms with van der Waals surface area (Å²) in [7, 11) is -2.28. The first kappa shape index (κ1) is 19.8. The molecule has 9 heteroatoms. The molecule has 0 aliphatic carbocycles. The van der Waals surface area contributed by atoms with Gasteiger partial charge in [-0.1, -0.05) is 18.2 Å². The minimum atomic E-state index is -3.73. The number of amides is 1. The van der Waals surface area contributed by atoms with Gasteiger partial charge in [0.15, 0.2) is 0 Å². The smallest absolute Gasteiger partial charge is 0.239 e. The van der Waals surface area contributed by atoms with Crippen LogP contribution in [0.3, 0.4) is 0 Å². The van der Waals surface area contributed by atoms with Crippen LogP contribution in [0, 0.1) is 11.6 Å². The number of nitrogens with one attached hydrogen (secondary N) is 1. The fourth-order valence-electron chi connectivity index (χ4n) is 2.25. The van der Waals surface area contributed by atoms with Gasteiger partial charge in [-0.05, 0) is 18.2 Å². The summed E-state index contributed by atoms with van der Waals surface area (Å²) in [6, 6.07) is 9.47. The van der Waals surface area contributed by atoms with E-state index in [0.717, 1.165) is 22.7 Å². The van der Waals surface area contributed by atoms with E-state index in [0.29, 0.717) is 17.4 Å². The number of benzene rings is 2. The molecule has 0 radical (unpaired) electrons. The van der Waals surface area contributed by atoms with Crippen molar-refractivity contribution < 1.29 is 26.7 Å². The van der Waals surface area contributed by atoms with Gasteiger partial charge in [0.1, 0.15) is 17.4 Å². The number of methoxy groups -OCH3 is 1. The van der Waals surface area contributed by atoms with E-state index in [9.17, 15) is 22.0 Å². The van der Waals surface area contributed by atoms with E-state index >= 15 is 0 Å². The van der Waals surface area contributed by atoms with Crippen LogP contribution in [0.2, 0.25) is 0 Å². The molecule has 0 saturated heterocycles. The van der Waals surface area contributed by atoms with Crippen LogP contribution in [0.25, 0.3) is 0 Å². The predicted molar refractivity (Wildman–Crippen MR) is 93.2 cm³/mol. The number of rotatable bonds is 7. The molecule has 1 amide bonds. The van der Waals surface area contributed by atoms with Gasteiger partial charge in [0.2, 0.25) is 15.9 Å². The van der Waals surface area contributed by atoms with Crippen molar-refractivity contribution in [1.29, 1.82) is 0 Å². The van der Waals surface area contributed by atoms with Crippen LogP contribution in [0.15, 0.2) is 42.5 Å². The number of nitrogens with zero attached hydrogens (tertiary/aromatic N) is 1. The van der Waals surface area contributed by atoms with E-state index in [1.54, 1.807) is 24.3 Å². The van der Waals surface area contributed by atoms with Crippen molar-refractivity contribution in [1.82, 2.24) is 4.31 Å². The van der Waals surface area contributed by atoms with Gasteiger partial charge >= 0.3 is 0 Å². The third kappa shape index (κ3) is 5.24. The Morgan fingerprint density at radius 3 is 2.50 bits per heavy atom. The Balaban J connectivity index is 2.16. The fraction of sp³-hybridized carbons (Fsp3) is 0.235. The Morgan fingerprint density at radius 1 is 1.19 bits per heavy atom. The van der Waals surface area contributed by atoms with E-state index in [2.05, 4.69) is 5.32 Å². The Kier molecular flexibility index (Phi) is 6.27. The van der Waals surface area contributed by atoms with Gasteiger partial charge in [-0.2, -0.15) is 4.31 Å². The number of hydrogen-bond donors (Lipinski definition) is 1. The molecule has 0 aliphatic rings. The normalized spacial score (nSPS) is 11.4. The molecular weight excluding hydrogens is 366 g/mol. The lowest BCUT2D eigenvalue weighted by Gasteiger charge is -2.20. The van der Waals surface area contributed by atoms with E-state index in [1.807, 2.05) is 0 Å². The molecule has 0 heterocycles. The van der Waals surface area contributed by atoms with Gasteiger partial charge in [-0.15, -0.1) is 0 Å². The zero-order valence-electron chi connectivity index (χ0n) is 14.2. The van der Waals surface area contributed by atoms with Crippen molar-refractivity contribution in [3.8, 4) is 5.75 Å². The number of hydrogen-bond acceptors (Lipinski definition) is 4. The van der Waals surface area contributed by atoms with E-state index in [1.165, 1.54) is 7.11 Å². The van der Waals surface area contributed by atoms with Gasteiger partial charge < -0.3 is 10.1 Å². The summed E-state index contributed by atoms with van der Waals surface area (Å²) in [4.78, 5) is 12.1. The molecule has 2 aromatic rings. The van der Waals surface area contributed by atoms with Crippen LogP contribution in [0.4, 0.5) is 14.5 Å². The minimum absolute atomic E-state index is 0.0951. The maximum Gasteiger partial charge on any atom is 0.239 e. The van der Waals surface area contributed by atoms with Crippen LogP contribution in [0.1, 0.15) is 5.56 Å². The zero-order chi connectivity index (χ0) is 19.3. The molecule has 2 aromatic carbocycles. The van der Waals surface area contributed by atoms with E-state index in [-0.39, 0.29) is 12.2 Å². The average Bonchev–Trinajstić information content (AvgIpc) is 2.56. The zero-order valence-corrected chi connectivity index (χ0v) is 15.0. The minimum Gasteiger partial charge on any atom is -0.496 e. The van der Waals surface area contributed by atoms with Crippen LogP contribution in [-0.4, -0.2) is 38.5 Å². The summed E-state index contributed by atoms with van der Waals surface area (Å²) in [5, 5.41) is 2.24. The first-order chi connectivity index (χ1) is 12.2. The lowest BCUT2D eigenvalue weighted by atomic mass is 10.2. The fourth-order valence-corrected chi connectivity index (χ4v) is 2.98. The Morgan fingerprint density at radius 2 is 1.88 bits per heavy atom. The highest BCUT2D eigenvalue weighted by Crippen LogP contribution is 2.21. The van der Waals surface area contributed by atoms with Gasteiger partial charge in [-0.3, -0.25) is 4.79 Å². The highest BCUT2D eigenvalue weighted by atomic mass is 32.2. The summed E-state index contributed by atoms with van der Waals surface area (Å²) < 4.78 is 56.7. The molecule has 2 rings (SSSR count). The standard InChI is InChI=1S/C17H18F2N2O4S/c1-25-16-6-4-3-5-12(16)10-21(26(2,23)24)11-17(22)20-15-8-7-13(18)9-14(15)19/h3-9H,10-11H2,1-2H3,(H,20,22). The molecule has 0 atom stereocenters. The van der Waals surface area contributed by atoms with Gasteiger partial charge in [0.25, 0.3) is 0 Å². The molecular formula is C17H18F2N2O4S. The van der Waals surface area contributed by atoms with Crippen LogP contribution in [0.5, 0.6) is 5.75 Å². The first-order valence-electron chi connectivity index (χ1n) is 7.52. The first-order valence-corrected chi connectivity index (χ1v) is 9.37.